The van der Waals surface area contributed by atoms with E-state index in [1.165, 1.54) is 41.3 Å². The predicted octanol–water partition coefficient (Wildman–Crippen LogP) is 5.06. The van der Waals surface area contributed by atoms with Crippen LogP contribution < -0.4 is 5.32 Å². The average molecular weight is 594 g/mol. The van der Waals surface area contributed by atoms with Gasteiger partial charge in [0.2, 0.25) is 5.91 Å². The highest BCUT2D eigenvalue weighted by Crippen LogP contribution is 2.50. The molecule has 2 atom stereocenters. The number of nitrogens with one attached hydrogen (secondary N) is 3. The van der Waals surface area contributed by atoms with Crippen molar-refractivity contribution in [1.82, 2.24) is 35.1 Å². The molecule has 0 radical (unpaired) electrons. The summed E-state index contributed by atoms with van der Waals surface area (Å²) in [7, 11) is 3.53. The number of aromatic nitrogens is 4. The van der Waals surface area contributed by atoms with Gasteiger partial charge in [-0.1, -0.05) is 36.4 Å². The molecule has 7 rings (SSSR count). The highest BCUT2D eigenvalue weighted by atomic mass is 16.5. The van der Waals surface area contributed by atoms with Crippen LogP contribution in [-0.2, 0) is 21.4 Å². The third-order valence-electron chi connectivity index (χ3n) is 9.82. The van der Waals surface area contributed by atoms with E-state index in [1.54, 1.807) is 6.33 Å². The molecule has 2 amide bonds. The van der Waals surface area contributed by atoms with Crippen LogP contribution in [0.25, 0.3) is 33.6 Å². The quantitative estimate of drug-likeness (QED) is 0.288. The maximum atomic E-state index is 13.0. The van der Waals surface area contributed by atoms with Gasteiger partial charge in [-0.05, 0) is 79.9 Å². The second-order valence-corrected chi connectivity index (χ2v) is 12.5. The van der Waals surface area contributed by atoms with Gasteiger partial charge in [-0.15, -0.1) is 0 Å². The van der Waals surface area contributed by atoms with Crippen LogP contribution in [-0.4, -0.2) is 82.1 Å². The number of amides is 2. The second kappa shape index (κ2) is 11.6. The molecule has 1 spiro atoms. The Morgan fingerprint density at radius 3 is 2.59 bits per heavy atom. The smallest absolute Gasteiger partial charge is 0.407 e. The van der Waals surface area contributed by atoms with Crippen LogP contribution in [0.1, 0.15) is 55.1 Å². The molecule has 0 saturated carbocycles. The summed E-state index contributed by atoms with van der Waals surface area (Å²) in [6.07, 6.45) is 11.2. The Morgan fingerprint density at radius 2 is 1.84 bits per heavy atom. The number of benzene rings is 2. The van der Waals surface area contributed by atoms with Crippen LogP contribution in [0.3, 0.4) is 0 Å². The topological polar surface area (TPSA) is 119 Å². The molecule has 228 valence electrons. The Balaban J connectivity index is 1.24. The Kier molecular flexibility index (Phi) is 7.45. The number of carbonyl (C=O) groups is 2. The van der Waals surface area contributed by atoms with Crippen LogP contribution in [0.2, 0.25) is 0 Å². The monoisotopic (exact) mass is 593 g/mol. The lowest BCUT2D eigenvalue weighted by atomic mass is 9.66. The lowest BCUT2D eigenvalue weighted by molar-refractivity contribution is -0.131. The number of hydrogen-bond donors (Lipinski definition) is 3. The van der Waals surface area contributed by atoms with Crippen molar-refractivity contribution < 1.29 is 14.3 Å². The van der Waals surface area contributed by atoms with E-state index in [4.69, 9.17) is 4.98 Å². The molecule has 2 aromatic carbocycles. The van der Waals surface area contributed by atoms with Gasteiger partial charge in [-0.3, -0.25) is 4.79 Å². The fourth-order valence-corrected chi connectivity index (χ4v) is 7.78. The molecule has 4 heterocycles. The number of hydrogen-bond acceptors (Lipinski definition) is 6. The maximum absolute atomic E-state index is 13.0. The SMILES string of the molecule is COC(=O)NCC(=O)N1CCCC1c1ncc(-c2ccc(-c3ccc(-c4cnc[nH]4)cc3)c3c2CCCC32CCN(C)C2)[nH]1. The number of alkyl carbamates (subject to hydrolysis) is 1. The van der Waals surface area contributed by atoms with E-state index < -0.39 is 6.09 Å². The third kappa shape index (κ3) is 5.06. The molecule has 2 aliphatic heterocycles. The van der Waals surface area contributed by atoms with Gasteiger partial charge in [-0.2, -0.15) is 0 Å². The largest absolute Gasteiger partial charge is 0.453 e. The Bertz CT molecular complexity index is 1660. The zero-order chi connectivity index (χ0) is 30.3. The maximum Gasteiger partial charge on any atom is 0.407 e. The number of nitrogens with zero attached hydrogens (tertiary/aromatic N) is 4. The first-order chi connectivity index (χ1) is 21.5. The first kappa shape index (κ1) is 28.3. The van der Waals surface area contributed by atoms with Crippen molar-refractivity contribution in [3.63, 3.8) is 0 Å². The van der Waals surface area contributed by atoms with Crippen LogP contribution in [0.5, 0.6) is 0 Å². The zero-order valence-corrected chi connectivity index (χ0v) is 25.4. The number of fused-ring (bicyclic) bond motifs is 2. The van der Waals surface area contributed by atoms with Gasteiger partial charge in [0.15, 0.2) is 0 Å². The molecule has 2 unspecified atom stereocenters. The van der Waals surface area contributed by atoms with Gasteiger partial charge in [0.05, 0.1) is 43.3 Å². The number of H-pyrrole nitrogens is 2. The summed E-state index contributed by atoms with van der Waals surface area (Å²) in [5, 5.41) is 2.51. The molecule has 10 nitrogen and oxygen atoms in total. The molecule has 2 fully saturated rings. The Labute approximate surface area is 257 Å². The number of rotatable bonds is 6. The Morgan fingerprint density at radius 1 is 1.02 bits per heavy atom. The number of imidazole rings is 2. The molecule has 10 heteroatoms. The second-order valence-electron chi connectivity index (χ2n) is 12.5. The summed E-state index contributed by atoms with van der Waals surface area (Å²) in [4.78, 5) is 44.6. The minimum atomic E-state index is -0.609. The molecule has 2 aromatic heterocycles. The number of ether oxygens (including phenoxy) is 1. The van der Waals surface area contributed by atoms with Crippen molar-refractivity contribution in [2.24, 2.45) is 0 Å². The predicted molar refractivity (Wildman–Crippen MR) is 168 cm³/mol. The van der Waals surface area contributed by atoms with Crippen LogP contribution in [0, 0.1) is 0 Å². The van der Waals surface area contributed by atoms with Gasteiger partial charge in [-0.25, -0.2) is 14.8 Å². The standard InChI is InChI=1S/C34H39N7O3/c1-40-16-14-34(20-40)13-3-5-26-25(12-11-24(31(26)34)22-7-9-23(10-8-22)27-17-35-21-38-27)28-18-36-32(39-28)29-6-4-15-41(29)30(42)19-37-33(43)44-2/h7-12,17-18,21,29H,3-6,13-16,19-20H2,1-2H3,(H,35,38)(H,36,39)(H,37,43). The van der Waals surface area contributed by atoms with E-state index in [-0.39, 0.29) is 23.9 Å². The molecular formula is C34H39N7O3. The van der Waals surface area contributed by atoms with Crippen molar-refractivity contribution in [2.75, 3.05) is 40.3 Å². The van der Waals surface area contributed by atoms with E-state index >= 15 is 0 Å². The fraction of sp³-hybridized carbons (Fsp3) is 0.412. The highest BCUT2D eigenvalue weighted by molar-refractivity contribution is 5.83. The summed E-state index contributed by atoms with van der Waals surface area (Å²) < 4.78 is 4.62. The molecule has 3 N–H and O–H groups in total. The third-order valence-corrected chi connectivity index (χ3v) is 9.82. The number of likely N-dealkylation sites (tertiary alicyclic amines) is 2. The van der Waals surface area contributed by atoms with Crippen molar-refractivity contribution in [3.05, 3.63) is 72.1 Å². The molecule has 44 heavy (non-hydrogen) atoms. The minimum absolute atomic E-state index is 0.0922. The zero-order valence-electron chi connectivity index (χ0n) is 25.4. The lowest BCUT2D eigenvalue weighted by Gasteiger charge is -2.39. The first-order valence-corrected chi connectivity index (χ1v) is 15.6. The van der Waals surface area contributed by atoms with E-state index in [9.17, 15) is 9.59 Å². The minimum Gasteiger partial charge on any atom is -0.453 e. The Hall–Kier alpha value is -4.44. The van der Waals surface area contributed by atoms with Crippen LogP contribution in [0.4, 0.5) is 4.79 Å². The van der Waals surface area contributed by atoms with Crippen molar-refractivity contribution in [3.8, 4) is 33.6 Å². The number of methoxy groups -OCH3 is 1. The number of aromatic amines is 2. The van der Waals surface area contributed by atoms with Gasteiger partial charge in [0, 0.05) is 24.1 Å². The van der Waals surface area contributed by atoms with Crippen molar-refractivity contribution in [1.29, 1.82) is 0 Å². The van der Waals surface area contributed by atoms with E-state index in [1.807, 2.05) is 17.3 Å². The molecule has 0 bridgehead atoms. The van der Waals surface area contributed by atoms with Gasteiger partial charge in [0.25, 0.3) is 0 Å². The molecule has 3 aliphatic rings. The molecule has 2 saturated heterocycles. The average Bonchev–Trinajstić information content (AvgIpc) is 3.87. The summed E-state index contributed by atoms with van der Waals surface area (Å²) in [6.45, 7) is 2.72. The summed E-state index contributed by atoms with van der Waals surface area (Å²) in [5.74, 6) is 0.658. The summed E-state index contributed by atoms with van der Waals surface area (Å²) in [6, 6.07) is 13.2. The molecule has 4 aromatic rings. The fourth-order valence-electron chi connectivity index (χ4n) is 7.78. The highest BCUT2D eigenvalue weighted by Gasteiger charge is 2.43. The number of likely N-dealkylation sites (N-methyl/N-ethyl adjacent to an activating group) is 1. The lowest BCUT2D eigenvalue weighted by Crippen LogP contribution is -2.40. The number of carbonyl (C=O) groups excluding carboxylic acids is 2. The normalized spacial score (nSPS) is 21.5. The molecular weight excluding hydrogens is 554 g/mol. The van der Waals surface area contributed by atoms with E-state index in [2.05, 4.69) is 73.4 Å². The molecule has 1 aliphatic carbocycles. The van der Waals surface area contributed by atoms with Crippen molar-refractivity contribution in [2.45, 2.75) is 50.0 Å². The summed E-state index contributed by atoms with van der Waals surface area (Å²) in [5.41, 5.74) is 9.91. The first-order valence-electron chi connectivity index (χ1n) is 15.6. The van der Waals surface area contributed by atoms with Crippen molar-refractivity contribution >= 4 is 12.0 Å². The van der Waals surface area contributed by atoms with Crippen LogP contribution in [0.15, 0.2) is 55.1 Å². The van der Waals surface area contributed by atoms with Gasteiger partial charge >= 0.3 is 6.09 Å². The van der Waals surface area contributed by atoms with Gasteiger partial charge in [0.1, 0.15) is 12.4 Å². The van der Waals surface area contributed by atoms with E-state index in [0.717, 1.165) is 68.0 Å². The van der Waals surface area contributed by atoms with Gasteiger partial charge < -0.3 is 29.8 Å². The van der Waals surface area contributed by atoms with E-state index in [0.29, 0.717) is 6.54 Å². The summed E-state index contributed by atoms with van der Waals surface area (Å²) >= 11 is 0. The van der Waals surface area contributed by atoms with Crippen LogP contribution >= 0.6 is 0 Å².